The molecular weight excluding hydrogens is 372 g/mol. The molecule has 0 bridgehead atoms. The number of hydrogen-bond donors (Lipinski definition) is 1. The fourth-order valence-corrected chi connectivity index (χ4v) is 2.26. The molecule has 0 aliphatic heterocycles. The molecule has 10 heteroatoms. The molecular formula is C18H18N2O8. The molecule has 0 heterocycles. The van der Waals surface area contributed by atoms with Gasteiger partial charge in [0.15, 0.2) is 18.1 Å². The lowest BCUT2D eigenvalue weighted by Crippen LogP contribution is -2.21. The SMILES string of the molecule is COc1ccc(NC(=O)COC(=O)c2ccc(OC)c(OC)c2)c([N+](=O)[O-])c1. The van der Waals surface area contributed by atoms with Gasteiger partial charge >= 0.3 is 5.97 Å². The molecule has 1 amide bonds. The van der Waals surface area contributed by atoms with E-state index in [1.807, 2.05) is 0 Å². The molecule has 0 aliphatic rings. The minimum atomic E-state index is -0.764. The lowest BCUT2D eigenvalue weighted by molar-refractivity contribution is -0.384. The van der Waals surface area contributed by atoms with E-state index in [1.54, 1.807) is 0 Å². The summed E-state index contributed by atoms with van der Waals surface area (Å²) in [5.74, 6) is -0.467. The number of nitrogens with zero attached hydrogens (tertiary/aromatic N) is 1. The Morgan fingerprint density at radius 3 is 2.32 bits per heavy atom. The number of nitro groups is 1. The second kappa shape index (κ2) is 9.21. The Morgan fingerprint density at radius 2 is 1.71 bits per heavy atom. The molecule has 2 aromatic carbocycles. The van der Waals surface area contributed by atoms with Gasteiger partial charge in [-0.05, 0) is 30.3 Å². The number of hydrogen-bond acceptors (Lipinski definition) is 8. The maximum absolute atomic E-state index is 12.1. The van der Waals surface area contributed by atoms with Gasteiger partial charge in [0.1, 0.15) is 11.4 Å². The minimum absolute atomic E-state index is 0.0436. The summed E-state index contributed by atoms with van der Waals surface area (Å²) in [7, 11) is 4.24. The summed E-state index contributed by atoms with van der Waals surface area (Å²) >= 11 is 0. The van der Waals surface area contributed by atoms with Crippen LogP contribution >= 0.6 is 0 Å². The van der Waals surface area contributed by atoms with Crippen LogP contribution in [0.3, 0.4) is 0 Å². The van der Waals surface area contributed by atoms with Crippen LogP contribution in [0.1, 0.15) is 10.4 Å². The van der Waals surface area contributed by atoms with Gasteiger partial charge in [-0.2, -0.15) is 0 Å². The van der Waals surface area contributed by atoms with E-state index in [9.17, 15) is 19.7 Å². The fourth-order valence-electron chi connectivity index (χ4n) is 2.26. The Balaban J connectivity index is 2.03. The van der Waals surface area contributed by atoms with Gasteiger partial charge in [0.25, 0.3) is 11.6 Å². The van der Waals surface area contributed by atoms with Crippen LogP contribution in [0.4, 0.5) is 11.4 Å². The zero-order valence-corrected chi connectivity index (χ0v) is 15.4. The van der Waals surface area contributed by atoms with Gasteiger partial charge in [0.05, 0.1) is 37.9 Å². The van der Waals surface area contributed by atoms with Crippen molar-refractivity contribution in [3.8, 4) is 17.2 Å². The molecule has 0 saturated carbocycles. The van der Waals surface area contributed by atoms with Crippen molar-refractivity contribution < 1.29 is 33.5 Å². The lowest BCUT2D eigenvalue weighted by atomic mass is 10.2. The van der Waals surface area contributed by atoms with Crippen LogP contribution < -0.4 is 19.5 Å². The number of ether oxygens (including phenoxy) is 4. The van der Waals surface area contributed by atoms with Gasteiger partial charge in [-0.3, -0.25) is 14.9 Å². The van der Waals surface area contributed by atoms with Crippen LogP contribution in [0.25, 0.3) is 0 Å². The molecule has 2 rings (SSSR count). The fraction of sp³-hybridized carbons (Fsp3) is 0.222. The molecule has 10 nitrogen and oxygen atoms in total. The van der Waals surface area contributed by atoms with Crippen molar-refractivity contribution in [1.29, 1.82) is 0 Å². The summed E-state index contributed by atoms with van der Waals surface area (Å²) in [6, 6.07) is 8.34. The Bertz CT molecular complexity index is 897. The number of carbonyl (C=O) groups excluding carboxylic acids is 2. The Hall–Kier alpha value is -3.82. The average molecular weight is 390 g/mol. The van der Waals surface area contributed by atoms with Gasteiger partial charge in [-0.1, -0.05) is 0 Å². The Labute approximate surface area is 160 Å². The van der Waals surface area contributed by atoms with E-state index >= 15 is 0 Å². The first-order valence-electron chi connectivity index (χ1n) is 7.91. The normalized spacial score (nSPS) is 9.96. The van der Waals surface area contributed by atoms with Gasteiger partial charge in [0, 0.05) is 0 Å². The molecule has 0 fully saturated rings. The molecule has 0 aromatic heterocycles. The van der Waals surface area contributed by atoms with Crippen molar-refractivity contribution >= 4 is 23.3 Å². The number of benzene rings is 2. The van der Waals surface area contributed by atoms with Crippen molar-refractivity contribution in [3.05, 3.63) is 52.1 Å². The van der Waals surface area contributed by atoms with Crippen LogP contribution in [-0.2, 0) is 9.53 Å². The number of amides is 1. The first-order valence-corrected chi connectivity index (χ1v) is 7.91. The topological polar surface area (TPSA) is 126 Å². The van der Waals surface area contributed by atoms with E-state index in [0.717, 1.165) is 0 Å². The summed E-state index contributed by atoms with van der Waals surface area (Å²) in [5.41, 5.74) is -0.238. The third-order valence-corrected chi connectivity index (χ3v) is 3.63. The quantitative estimate of drug-likeness (QED) is 0.414. The molecule has 1 N–H and O–H groups in total. The summed E-state index contributed by atoms with van der Waals surface area (Å²) < 4.78 is 20.0. The van der Waals surface area contributed by atoms with Crippen molar-refractivity contribution in [1.82, 2.24) is 0 Å². The summed E-state index contributed by atoms with van der Waals surface area (Å²) in [6.07, 6.45) is 0. The van der Waals surface area contributed by atoms with Crippen LogP contribution in [0, 0.1) is 10.1 Å². The number of esters is 1. The maximum atomic E-state index is 12.1. The third-order valence-electron chi connectivity index (χ3n) is 3.63. The van der Waals surface area contributed by atoms with Gasteiger partial charge < -0.3 is 24.3 Å². The van der Waals surface area contributed by atoms with Gasteiger partial charge in [-0.15, -0.1) is 0 Å². The van der Waals surface area contributed by atoms with Crippen LogP contribution in [-0.4, -0.2) is 44.7 Å². The van der Waals surface area contributed by atoms with Crippen molar-refractivity contribution in [2.24, 2.45) is 0 Å². The number of carbonyl (C=O) groups is 2. The third kappa shape index (κ3) is 4.87. The molecule has 148 valence electrons. The number of methoxy groups -OCH3 is 3. The van der Waals surface area contributed by atoms with Crippen LogP contribution in [0.5, 0.6) is 17.2 Å². The number of nitro benzene ring substituents is 1. The predicted octanol–water partition coefficient (Wildman–Crippen LogP) is 2.42. The standard InChI is InChI=1S/C18H18N2O8/c1-25-12-5-6-13(14(9-12)20(23)24)19-17(21)10-28-18(22)11-4-7-15(26-2)16(8-11)27-3/h4-9H,10H2,1-3H3,(H,19,21). The predicted molar refractivity (Wildman–Crippen MR) is 98.1 cm³/mol. The summed E-state index contributed by atoms with van der Waals surface area (Å²) in [5, 5.41) is 13.5. The summed E-state index contributed by atoms with van der Waals surface area (Å²) in [4.78, 5) is 34.6. The van der Waals surface area contributed by atoms with E-state index < -0.39 is 23.4 Å². The lowest BCUT2D eigenvalue weighted by Gasteiger charge is -2.10. The van der Waals surface area contributed by atoms with E-state index in [0.29, 0.717) is 11.5 Å². The van der Waals surface area contributed by atoms with E-state index in [2.05, 4.69) is 5.32 Å². The molecule has 0 atom stereocenters. The van der Waals surface area contributed by atoms with E-state index in [1.165, 1.54) is 57.7 Å². The van der Waals surface area contributed by atoms with E-state index in [4.69, 9.17) is 18.9 Å². The van der Waals surface area contributed by atoms with Crippen molar-refractivity contribution in [2.75, 3.05) is 33.3 Å². The van der Waals surface area contributed by atoms with E-state index in [-0.39, 0.29) is 22.7 Å². The van der Waals surface area contributed by atoms with Crippen LogP contribution in [0.15, 0.2) is 36.4 Å². The monoisotopic (exact) mass is 390 g/mol. The van der Waals surface area contributed by atoms with Gasteiger partial charge in [0.2, 0.25) is 0 Å². The first-order chi connectivity index (χ1) is 13.4. The summed E-state index contributed by atoms with van der Waals surface area (Å²) in [6.45, 7) is -0.629. The highest BCUT2D eigenvalue weighted by Crippen LogP contribution is 2.29. The number of anilines is 1. The zero-order chi connectivity index (χ0) is 20.7. The van der Waals surface area contributed by atoms with Gasteiger partial charge in [-0.25, -0.2) is 4.79 Å². The highest BCUT2D eigenvalue weighted by Gasteiger charge is 2.19. The largest absolute Gasteiger partial charge is 0.496 e. The van der Waals surface area contributed by atoms with Crippen LogP contribution in [0.2, 0.25) is 0 Å². The Morgan fingerprint density at radius 1 is 1.00 bits per heavy atom. The highest BCUT2D eigenvalue weighted by molar-refractivity contribution is 5.97. The first kappa shape index (κ1) is 20.5. The molecule has 0 spiro atoms. The molecule has 2 aromatic rings. The molecule has 0 unspecified atom stereocenters. The molecule has 0 aliphatic carbocycles. The minimum Gasteiger partial charge on any atom is -0.496 e. The van der Waals surface area contributed by atoms with Crippen molar-refractivity contribution in [3.63, 3.8) is 0 Å². The van der Waals surface area contributed by atoms with Crippen molar-refractivity contribution in [2.45, 2.75) is 0 Å². The smallest absolute Gasteiger partial charge is 0.338 e. The maximum Gasteiger partial charge on any atom is 0.338 e. The molecule has 0 saturated heterocycles. The molecule has 0 radical (unpaired) electrons. The highest BCUT2D eigenvalue weighted by atomic mass is 16.6. The second-order valence-corrected chi connectivity index (χ2v) is 5.33. The zero-order valence-electron chi connectivity index (χ0n) is 15.4. The number of nitrogens with one attached hydrogen (secondary N) is 1. The average Bonchev–Trinajstić information content (AvgIpc) is 2.71. The second-order valence-electron chi connectivity index (χ2n) is 5.33. The molecule has 28 heavy (non-hydrogen) atoms. The Kier molecular flexibility index (Phi) is 6.74. The number of rotatable bonds is 8.